The third-order valence-corrected chi connectivity index (χ3v) is 5.81. The van der Waals surface area contributed by atoms with Crippen molar-refractivity contribution >= 4 is 22.9 Å². The van der Waals surface area contributed by atoms with Crippen LogP contribution in [0.1, 0.15) is 16.9 Å². The summed E-state index contributed by atoms with van der Waals surface area (Å²) >= 11 is 1.55. The molecule has 4 rings (SSSR count). The van der Waals surface area contributed by atoms with Crippen LogP contribution in [0.4, 0.5) is 5.69 Å². The molecule has 1 aliphatic heterocycles. The lowest BCUT2D eigenvalue weighted by molar-refractivity contribution is 0.219. The van der Waals surface area contributed by atoms with E-state index in [1.54, 1.807) is 11.3 Å². The summed E-state index contributed by atoms with van der Waals surface area (Å²) in [7, 11) is 0. The molecule has 2 heterocycles. The fourth-order valence-electron chi connectivity index (χ4n) is 3.48. The first-order chi connectivity index (χ1) is 14.3. The van der Waals surface area contributed by atoms with Gasteiger partial charge in [-0.05, 0) is 29.1 Å². The minimum absolute atomic E-state index is 0.158. The van der Waals surface area contributed by atoms with Crippen LogP contribution in [0.5, 0.6) is 5.75 Å². The molecule has 0 amide bonds. The Hall–Kier alpha value is -2.67. The van der Waals surface area contributed by atoms with Gasteiger partial charge in [-0.1, -0.05) is 42.5 Å². The van der Waals surface area contributed by atoms with Gasteiger partial charge in [-0.15, -0.1) is 11.3 Å². The van der Waals surface area contributed by atoms with Crippen LogP contribution < -0.4 is 20.7 Å². The van der Waals surface area contributed by atoms with E-state index in [0.717, 1.165) is 42.4 Å². The van der Waals surface area contributed by atoms with Gasteiger partial charge in [0.05, 0.1) is 4.88 Å². The number of anilines is 1. The molecular weight excluding hydrogens is 380 g/mol. The van der Waals surface area contributed by atoms with Crippen LogP contribution in [-0.4, -0.2) is 31.1 Å². The minimum atomic E-state index is 0.158. The molecule has 0 bridgehead atoms. The van der Waals surface area contributed by atoms with Gasteiger partial charge >= 0.3 is 0 Å². The molecule has 1 fully saturated rings. The molecule has 3 aromatic rings. The molecule has 29 heavy (non-hydrogen) atoms. The van der Waals surface area contributed by atoms with Crippen LogP contribution in [0.25, 0.3) is 0 Å². The van der Waals surface area contributed by atoms with Gasteiger partial charge in [0.2, 0.25) is 0 Å². The van der Waals surface area contributed by atoms with Gasteiger partial charge in [0.15, 0.2) is 0 Å². The molecule has 0 spiro atoms. The molecule has 2 atom stereocenters. The van der Waals surface area contributed by atoms with Crippen LogP contribution in [0.3, 0.4) is 0 Å². The standard InChI is InChI=1S/C23H26N4OS/c24-23(22-10-5-11-29-22)27-18-8-4-9-20(12-18)28-21-13-19(26-16-21)15-25-14-17-6-2-1-3-7-17/h1-12,19,21,25-26H,13-16H2,(H2,24,27)/t19-,21-/m0/s1. The van der Waals surface area contributed by atoms with E-state index in [9.17, 15) is 0 Å². The van der Waals surface area contributed by atoms with Crippen molar-refractivity contribution in [3.05, 3.63) is 82.6 Å². The van der Waals surface area contributed by atoms with Gasteiger partial charge in [0.25, 0.3) is 0 Å². The van der Waals surface area contributed by atoms with Gasteiger partial charge < -0.3 is 20.7 Å². The smallest absolute Gasteiger partial charge is 0.140 e. The lowest BCUT2D eigenvalue weighted by Crippen LogP contribution is -2.33. The lowest BCUT2D eigenvalue weighted by atomic mass is 10.2. The Labute approximate surface area is 175 Å². The number of hydrogen-bond acceptors (Lipinski definition) is 5. The topological polar surface area (TPSA) is 69.2 Å². The molecule has 0 aliphatic carbocycles. The van der Waals surface area contributed by atoms with Gasteiger partial charge in [0.1, 0.15) is 17.7 Å². The first-order valence-electron chi connectivity index (χ1n) is 9.90. The average molecular weight is 407 g/mol. The molecule has 6 heteroatoms. The number of nitrogens with one attached hydrogen (secondary N) is 4. The molecule has 2 aromatic carbocycles. The number of benzene rings is 2. The number of ether oxygens (including phenoxy) is 1. The fourth-order valence-corrected chi connectivity index (χ4v) is 4.11. The Morgan fingerprint density at radius 2 is 2.00 bits per heavy atom. The monoisotopic (exact) mass is 406 g/mol. The van der Waals surface area contributed by atoms with Crippen molar-refractivity contribution in [2.24, 2.45) is 0 Å². The van der Waals surface area contributed by atoms with Gasteiger partial charge in [-0.25, -0.2) is 0 Å². The zero-order valence-corrected chi connectivity index (χ0v) is 17.0. The SMILES string of the molecule is N=C(Nc1cccc(O[C@@H]2CN[C@H](CNCc3ccccc3)C2)c1)c1cccs1. The predicted molar refractivity (Wildman–Crippen MR) is 120 cm³/mol. The summed E-state index contributed by atoms with van der Waals surface area (Å²) in [5.74, 6) is 1.24. The fraction of sp³-hybridized carbons (Fsp3) is 0.261. The first-order valence-corrected chi connectivity index (χ1v) is 10.8. The maximum atomic E-state index is 8.17. The third kappa shape index (κ3) is 5.67. The summed E-state index contributed by atoms with van der Waals surface area (Å²) in [5, 5.41) is 20.4. The Balaban J connectivity index is 1.24. The summed E-state index contributed by atoms with van der Waals surface area (Å²) in [6.45, 7) is 2.66. The lowest BCUT2D eigenvalue weighted by Gasteiger charge is -2.15. The van der Waals surface area contributed by atoms with Crippen LogP contribution in [0.15, 0.2) is 72.1 Å². The van der Waals surface area contributed by atoms with Crippen molar-refractivity contribution in [2.75, 3.05) is 18.4 Å². The average Bonchev–Trinajstić information content (AvgIpc) is 3.42. The molecule has 1 saturated heterocycles. The zero-order valence-electron chi connectivity index (χ0n) is 16.2. The molecule has 4 N–H and O–H groups in total. The Bertz CT molecular complexity index is 914. The van der Waals surface area contributed by atoms with Crippen LogP contribution in [-0.2, 0) is 6.54 Å². The molecule has 0 unspecified atom stereocenters. The van der Waals surface area contributed by atoms with E-state index in [1.165, 1.54) is 5.56 Å². The second kappa shape index (κ2) is 9.69. The number of amidine groups is 1. The summed E-state index contributed by atoms with van der Waals surface area (Å²) in [5.41, 5.74) is 2.17. The Kier molecular flexibility index (Phi) is 6.56. The molecule has 1 aliphatic rings. The molecule has 5 nitrogen and oxygen atoms in total. The van der Waals surface area contributed by atoms with Crippen molar-refractivity contribution in [1.82, 2.24) is 10.6 Å². The summed E-state index contributed by atoms with van der Waals surface area (Å²) in [4.78, 5) is 0.919. The number of hydrogen-bond donors (Lipinski definition) is 4. The molecular formula is C23H26N4OS. The Morgan fingerprint density at radius 3 is 2.83 bits per heavy atom. The van der Waals surface area contributed by atoms with E-state index in [0.29, 0.717) is 11.9 Å². The van der Waals surface area contributed by atoms with Crippen molar-refractivity contribution in [3.63, 3.8) is 0 Å². The highest BCUT2D eigenvalue weighted by Crippen LogP contribution is 2.22. The second-order valence-corrected chi connectivity index (χ2v) is 8.15. The summed E-state index contributed by atoms with van der Waals surface area (Å²) in [6.07, 6.45) is 1.13. The summed E-state index contributed by atoms with van der Waals surface area (Å²) in [6, 6.07) is 22.6. The van der Waals surface area contributed by atoms with Crippen LogP contribution >= 0.6 is 11.3 Å². The van der Waals surface area contributed by atoms with E-state index < -0.39 is 0 Å². The van der Waals surface area contributed by atoms with Gasteiger partial charge in [0, 0.05) is 43.9 Å². The maximum absolute atomic E-state index is 8.17. The Morgan fingerprint density at radius 1 is 1.10 bits per heavy atom. The largest absolute Gasteiger partial charge is 0.489 e. The summed E-state index contributed by atoms with van der Waals surface area (Å²) < 4.78 is 6.18. The van der Waals surface area contributed by atoms with Crippen molar-refractivity contribution in [1.29, 1.82) is 5.41 Å². The van der Waals surface area contributed by atoms with Crippen molar-refractivity contribution in [2.45, 2.75) is 25.1 Å². The molecule has 0 radical (unpaired) electrons. The highest BCUT2D eigenvalue weighted by atomic mass is 32.1. The number of thiophene rings is 1. The molecule has 1 aromatic heterocycles. The van der Waals surface area contributed by atoms with E-state index >= 15 is 0 Å². The van der Waals surface area contributed by atoms with Crippen molar-refractivity contribution < 1.29 is 4.74 Å². The predicted octanol–water partition coefficient (Wildman–Crippen LogP) is 4.08. The minimum Gasteiger partial charge on any atom is -0.489 e. The third-order valence-electron chi connectivity index (χ3n) is 4.92. The van der Waals surface area contributed by atoms with Gasteiger partial charge in [-0.3, -0.25) is 5.41 Å². The van der Waals surface area contributed by atoms with Crippen LogP contribution in [0.2, 0.25) is 0 Å². The number of rotatable bonds is 8. The quantitative estimate of drug-likeness (QED) is 0.336. The first kappa shape index (κ1) is 19.6. The van der Waals surface area contributed by atoms with E-state index in [1.807, 2.05) is 47.8 Å². The van der Waals surface area contributed by atoms with E-state index in [4.69, 9.17) is 10.1 Å². The van der Waals surface area contributed by atoms with Gasteiger partial charge in [-0.2, -0.15) is 0 Å². The maximum Gasteiger partial charge on any atom is 0.140 e. The molecule has 150 valence electrons. The second-order valence-electron chi connectivity index (χ2n) is 7.20. The zero-order chi connectivity index (χ0) is 19.9. The highest BCUT2D eigenvalue weighted by molar-refractivity contribution is 7.12. The normalized spacial score (nSPS) is 18.5. The van der Waals surface area contributed by atoms with Crippen LogP contribution in [0, 0.1) is 5.41 Å². The highest BCUT2D eigenvalue weighted by Gasteiger charge is 2.25. The van der Waals surface area contributed by atoms with E-state index in [-0.39, 0.29) is 6.10 Å². The molecule has 0 saturated carbocycles. The van der Waals surface area contributed by atoms with Crippen molar-refractivity contribution in [3.8, 4) is 5.75 Å². The van der Waals surface area contributed by atoms with E-state index in [2.05, 4.69) is 40.2 Å².